The van der Waals surface area contributed by atoms with Crippen LogP contribution in [0.25, 0.3) is 0 Å². The number of rotatable bonds is 15. The smallest absolute Gasteiger partial charge is 0.102 e. The van der Waals surface area contributed by atoms with Gasteiger partial charge in [0.2, 0.25) is 0 Å². The van der Waals surface area contributed by atoms with Crippen molar-refractivity contribution >= 4 is 0 Å². The van der Waals surface area contributed by atoms with E-state index in [0.29, 0.717) is 0 Å². The molecule has 1 aliphatic heterocycles. The fraction of sp³-hybridized carbons (Fsp3) is 1.00. The Kier molecular flexibility index (Phi) is 17.1. The van der Waals surface area contributed by atoms with Crippen molar-refractivity contribution in [3.63, 3.8) is 0 Å². The second kappa shape index (κ2) is 16.8. The maximum Gasteiger partial charge on any atom is 0.102 e. The first-order chi connectivity index (χ1) is 11.3. The molecule has 0 amide bonds. The van der Waals surface area contributed by atoms with Crippen LogP contribution in [0.5, 0.6) is 0 Å². The van der Waals surface area contributed by atoms with Gasteiger partial charge in [-0.3, -0.25) is 0 Å². The molecular formula is C21H44BrNO. The summed E-state index contributed by atoms with van der Waals surface area (Å²) >= 11 is 0. The fourth-order valence-electron chi connectivity index (χ4n) is 3.89. The van der Waals surface area contributed by atoms with Crippen molar-refractivity contribution in [1.29, 1.82) is 0 Å². The number of likely N-dealkylation sites (N-methyl/N-ethyl adjacent to an activating group) is 1. The molecule has 0 aromatic rings. The minimum atomic E-state index is 0. The summed E-state index contributed by atoms with van der Waals surface area (Å²) < 4.78 is 6.85. The van der Waals surface area contributed by atoms with Gasteiger partial charge in [0.25, 0.3) is 0 Å². The first-order valence-electron chi connectivity index (χ1n) is 10.8. The first kappa shape index (κ1) is 24.4. The Morgan fingerprint density at radius 3 is 1.46 bits per heavy atom. The molecule has 1 aliphatic rings. The Bertz CT molecular complexity index is 254. The van der Waals surface area contributed by atoms with E-state index in [1.165, 1.54) is 114 Å². The van der Waals surface area contributed by atoms with Crippen LogP contribution in [0.15, 0.2) is 0 Å². The molecule has 0 unspecified atom stereocenters. The molecule has 0 aromatic heterocycles. The monoisotopic (exact) mass is 405 g/mol. The van der Waals surface area contributed by atoms with Crippen LogP contribution in [0.4, 0.5) is 0 Å². The van der Waals surface area contributed by atoms with E-state index in [1.807, 2.05) is 0 Å². The summed E-state index contributed by atoms with van der Waals surface area (Å²) in [5, 5.41) is 0. The summed E-state index contributed by atoms with van der Waals surface area (Å²) in [7, 11) is 0. The van der Waals surface area contributed by atoms with Gasteiger partial charge in [0.1, 0.15) is 13.1 Å². The van der Waals surface area contributed by atoms with Crippen LogP contribution in [0.1, 0.15) is 97.3 Å². The molecule has 1 heterocycles. The molecule has 1 saturated heterocycles. The van der Waals surface area contributed by atoms with Gasteiger partial charge in [-0.2, -0.15) is 0 Å². The Morgan fingerprint density at radius 1 is 0.625 bits per heavy atom. The fourth-order valence-corrected chi connectivity index (χ4v) is 3.89. The minimum Gasteiger partial charge on any atom is -1.00 e. The number of quaternary nitrogens is 1. The molecule has 0 spiro atoms. The lowest BCUT2D eigenvalue weighted by molar-refractivity contribution is -0.933. The second-order valence-corrected chi connectivity index (χ2v) is 7.68. The third-order valence-electron chi connectivity index (χ3n) is 5.83. The first-order valence-corrected chi connectivity index (χ1v) is 10.8. The van der Waals surface area contributed by atoms with Crippen molar-refractivity contribution in [2.45, 2.75) is 97.3 Å². The maximum absolute atomic E-state index is 5.53. The van der Waals surface area contributed by atoms with E-state index < -0.39 is 0 Å². The Morgan fingerprint density at radius 2 is 1.04 bits per heavy atom. The van der Waals surface area contributed by atoms with Gasteiger partial charge >= 0.3 is 0 Å². The summed E-state index contributed by atoms with van der Waals surface area (Å²) in [6, 6.07) is 0. The van der Waals surface area contributed by atoms with Crippen molar-refractivity contribution in [1.82, 2.24) is 0 Å². The molecule has 2 nitrogen and oxygen atoms in total. The molecule has 0 saturated carbocycles. The number of nitrogens with zero attached hydrogens (tertiary/aromatic N) is 1. The second-order valence-electron chi connectivity index (χ2n) is 7.68. The molecule has 0 aliphatic carbocycles. The number of halogens is 1. The Labute approximate surface area is 163 Å². The Hall–Kier alpha value is 0.400. The van der Waals surface area contributed by atoms with Crippen LogP contribution < -0.4 is 17.0 Å². The zero-order valence-electron chi connectivity index (χ0n) is 16.7. The van der Waals surface area contributed by atoms with Crippen LogP contribution in [0, 0.1) is 0 Å². The largest absolute Gasteiger partial charge is 1.00 e. The van der Waals surface area contributed by atoms with E-state index in [4.69, 9.17) is 4.74 Å². The highest BCUT2D eigenvalue weighted by Gasteiger charge is 2.27. The standard InChI is InChI=1S/C21H44NO.BrH/c1-3-5-6-7-8-9-10-11-12-13-14-15-16-17-22(4-2)18-20-23-21-19-22;/h3-21H2,1-2H3;1H/q+1;/p-1. The molecule has 146 valence electrons. The van der Waals surface area contributed by atoms with Crippen LogP contribution in [0.3, 0.4) is 0 Å². The van der Waals surface area contributed by atoms with E-state index in [2.05, 4.69) is 13.8 Å². The van der Waals surface area contributed by atoms with Crippen LogP contribution in [-0.2, 0) is 4.74 Å². The molecule has 0 atom stereocenters. The molecule has 3 heteroatoms. The third-order valence-corrected chi connectivity index (χ3v) is 5.83. The summed E-state index contributed by atoms with van der Waals surface area (Å²) in [5.74, 6) is 0. The van der Waals surface area contributed by atoms with Gasteiger partial charge in [-0.1, -0.05) is 77.6 Å². The lowest BCUT2D eigenvalue weighted by atomic mass is 10.0. The average Bonchev–Trinajstić information content (AvgIpc) is 2.60. The highest BCUT2D eigenvalue weighted by atomic mass is 79.9. The number of morpholine rings is 1. The van der Waals surface area contributed by atoms with Crippen molar-refractivity contribution < 1.29 is 26.2 Å². The van der Waals surface area contributed by atoms with Crippen molar-refractivity contribution in [3.8, 4) is 0 Å². The van der Waals surface area contributed by atoms with Gasteiger partial charge in [0, 0.05) is 0 Å². The number of hydrogen-bond donors (Lipinski definition) is 0. The van der Waals surface area contributed by atoms with E-state index >= 15 is 0 Å². The van der Waals surface area contributed by atoms with Gasteiger partial charge in [-0.25, -0.2) is 0 Å². The molecule has 0 bridgehead atoms. The summed E-state index contributed by atoms with van der Waals surface area (Å²) in [4.78, 5) is 0. The van der Waals surface area contributed by atoms with E-state index in [9.17, 15) is 0 Å². The summed E-state index contributed by atoms with van der Waals surface area (Å²) in [5.41, 5.74) is 0. The van der Waals surface area contributed by atoms with E-state index in [0.717, 1.165) is 13.2 Å². The number of ether oxygens (including phenoxy) is 1. The predicted molar refractivity (Wildman–Crippen MR) is 102 cm³/mol. The lowest BCUT2D eigenvalue weighted by Gasteiger charge is -2.40. The highest BCUT2D eigenvalue weighted by Crippen LogP contribution is 2.16. The van der Waals surface area contributed by atoms with Crippen LogP contribution in [0.2, 0.25) is 0 Å². The zero-order chi connectivity index (χ0) is 16.6. The van der Waals surface area contributed by atoms with Crippen molar-refractivity contribution in [3.05, 3.63) is 0 Å². The lowest BCUT2D eigenvalue weighted by Crippen LogP contribution is -3.00. The van der Waals surface area contributed by atoms with Gasteiger partial charge in [0.15, 0.2) is 0 Å². The van der Waals surface area contributed by atoms with E-state index in [-0.39, 0.29) is 17.0 Å². The van der Waals surface area contributed by atoms with Gasteiger partial charge in [0.05, 0.1) is 26.3 Å². The molecule has 0 aromatic carbocycles. The van der Waals surface area contributed by atoms with E-state index in [1.54, 1.807) is 0 Å². The van der Waals surface area contributed by atoms with Gasteiger partial charge < -0.3 is 26.2 Å². The molecule has 0 N–H and O–H groups in total. The topological polar surface area (TPSA) is 9.23 Å². The maximum atomic E-state index is 5.53. The van der Waals surface area contributed by atoms with Crippen molar-refractivity contribution in [2.24, 2.45) is 0 Å². The third kappa shape index (κ3) is 11.9. The minimum absolute atomic E-state index is 0. The zero-order valence-corrected chi connectivity index (χ0v) is 18.3. The predicted octanol–water partition coefficient (Wildman–Crippen LogP) is 2.95. The average molecular weight is 406 g/mol. The summed E-state index contributed by atoms with van der Waals surface area (Å²) in [6.07, 6.45) is 18.9. The van der Waals surface area contributed by atoms with Gasteiger partial charge in [-0.05, 0) is 19.8 Å². The molecule has 0 radical (unpaired) electrons. The highest BCUT2D eigenvalue weighted by molar-refractivity contribution is 4.52. The van der Waals surface area contributed by atoms with Gasteiger partial charge in [-0.15, -0.1) is 0 Å². The molecule has 1 rings (SSSR count). The van der Waals surface area contributed by atoms with Crippen LogP contribution >= 0.6 is 0 Å². The Balaban J connectivity index is 0.00000529. The quantitative estimate of drug-likeness (QED) is 0.300. The summed E-state index contributed by atoms with van der Waals surface area (Å²) in [6.45, 7) is 11.8. The molecular weight excluding hydrogens is 362 g/mol. The molecule has 1 fully saturated rings. The van der Waals surface area contributed by atoms with Crippen molar-refractivity contribution in [2.75, 3.05) is 39.4 Å². The number of hydrogen-bond acceptors (Lipinski definition) is 1. The number of unbranched alkanes of at least 4 members (excludes halogenated alkanes) is 12. The SMILES string of the molecule is CCCCCCCCCCCCCCC[N+]1(CC)CCOCC1.[Br-]. The normalized spacial score (nSPS) is 16.8. The molecule has 24 heavy (non-hydrogen) atoms. The van der Waals surface area contributed by atoms with Crippen LogP contribution in [-0.4, -0.2) is 43.9 Å².